The number of phosphoric acid groups is 2. The fourth-order valence-corrected chi connectivity index (χ4v) is 15.1. The molecule has 724 valence electrons. The maximum atomic E-state index is 13.1. The lowest BCUT2D eigenvalue weighted by Crippen LogP contribution is -2.30. The Morgan fingerprint density at radius 3 is 0.622 bits per heavy atom. The molecule has 0 bridgehead atoms. The van der Waals surface area contributed by atoms with Crippen LogP contribution in [0, 0.1) is 0 Å². The fourth-order valence-electron chi connectivity index (χ4n) is 13.5. The summed E-state index contributed by atoms with van der Waals surface area (Å²) in [6.07, 6.45) is 134. The third-order valence-corrected chi connectivity index (χ3v) is 22.9. The first-order chi connectivity index (χ1) is 62.2. The largest absolute Gasteiger partial charge is 0.472 e. The summed E-state index contributed by atoms with van der Waals surface area (Å²) in [6.45, 7) is 2.39. The number of aliphatic hydroxyl groups is 2. The van der Waals surface area contributed by atoms with E-state index in [0.29, 0.717) is 19.3 Å². The molecular formula is C109H182O16P2. The van der Waals surface area contributed by atoms with Crippen LogP contribution in [0.25, 0.3) is 0 Å². The Kier molecular flexibility index (Phi) is 94.6. The Labute approximate surface area is 775 Å². The zero-order valence-corrected chi connectivity index (χ0v) is 81.9. The number of allylic oxidation sites excluding steroid dienone is 34. The molecule has 5 unspecified atom stereocenters. The molecule has 0 aliphatic heterocycles. The first-order valence-corrected chi connectivity index (χ1v) is 53.4. The topological polar surface area (TPSA) is 231 Å². The lowest BCUT2D eigenvalue weighted by molar-refractivity contribution is -0.161. The van der Waals surface area contributed by atoms with E-state index >= 15 is 0 Å². The second-order valence-corrected chi connectivity index (χ2v) is 36.0. The van der Waals surface area contributed by atoms with Crippen molar-refractivity contribution in [1.82, 2.24) is 0 Å². The van der Waals surface area contributed by atoms with Gasteiger partial charge >= 0.3 is 33.6 Å². The fraction of sp³-hybridized carbons (Fsp3) is 0.661. The summed E-state index contributed by atoms with van der Waals surface area (Å²) in [7, 11) is -9.83. The van der Waals surface area contributed by atoms with Gasteiger partial charge in [0, 0.05) is 19.3 Å². The summed E-state index contributed by atoms with van der Waals surface area (Å²) in [5.41, 5.74) is 0. The Balaban J connectivity index is 4.66. The van der Waals surface area contributed by atoms with E-state index in [4.69, 9.17) is 32.3 Å². The highest BCUT2D eigenvalue weighted by Gasteiger charge is 2.30. The van der Waals surface area contributed by atoms with E-state index in [1.165, 1.54) is 161 Å². The molecule has 0 saturated heterocycles. The number of rotatable bonds is 94. The van der Waals surface area contributed by atoms with Crippen LogP contribution in [0.15, 0.2) is 207 Å². The zero-order chi connectivity index (χ0) is 92.1. The van der Waals surface area contributed by atoms with Crippen molar-refractivity contribution in [3.8, 4) is 0 Å². The lowest BCUT2D eigenvalue weighted by atomic mass is 10.0. The smallest absolute Gasteiger partial charge is 0.463 e. The van der Waals surface area contributed by atoms with Gasteiger partial charge in [0.25, 0.3) is 0 Å². The summed E-state index contributed by atoms with van der Waals surface area (Å²) in [4.78, 5) is 59.2. The van der Waals surface area contributed by atoms with Gasteiger partial charge in [-0.05, 0) is 167 Å². The molecule has 0 fully saturated rings. The Morgan fingerprint density at radius 1 is 0.220 bits per heavy atom. The van der Waals surface area contributed by atoms with Gasteiger partial charge in [0.1, 0.15) is 25.4 Å². The van der Waals surface area contributed by atoms with Gasteiger partial charge in [0.2, 0.25) is 0 Å². The molecule has 0 heterocycles. The Bertz CT molecular complexity index is 3140. The van der Waals surface area contributed by atoms with Crippen LogP contribution in [0.5, 0.6) is 0 Å². The third kappa shape index (κ3) is 101. The molecule has 0 rings (SSSR count). The van der Waals surface area contributed by atoms with Crippen molar-refractivity contribution >= 4 is 33.6 Å². The van der Waals surface area contributed by atoms with Gasteiger partial charge in [0.15, 0.2) is 6.10 Å². The molecule has 0 saturated carbocycles. The van der Waals surface area contributed by atoms with Crippen molar-refractivity contribution < 1.29 is 75.8 Å². The minimum atomic E-state index is -4.95. The van der Waals surface area contributed by atoms with Crippen LogP contribution in [0.2, 0.25) is 0 Å². The summed E-state index contributed by atoms with van der Waals surface area (Å²) in [5.74, 6) is -1.57. The average molecular weight is 1810 g/mol. The monoisotopic (exact) mass is 1810 g/mol. The van der Waals surface area contributed by atoms with Gasteiger partial charge in [-0.2, -0.15) is 0 Å². The highest BCUT2D eigenvalue weighted by Crippen LogP contribution is 2.45. The maximum Gasteiger partial charge on any atom is 0.472 e. The van der Waals surface area contributed by atoms with Crippen LogP contribution < -0.4 is 0 Å². The van der Waals surface area contributed by atoms with Crippen molar-refractivity contribution in [3.63, 3.8) is 0 Å². The number of carbonyl (C=O) groups excluding carboxylic acids is 3. The molecule has 0 aliphatic rings. The molecule has 0 amide bonds. The standard InChI is InChI=1S/C109H182O16P2/c1-4-7-10-13-16-19-22-25-28-31-34-37-40-43-46-49-51-54-56-59-62-65-68-71-74-77-80-83-86-89-92-95-107(112)119-98-104(110)99-121-126(115,116)122-100-105(111)101-123-127(117,118)124-103-106(125-109(114)97-94-91-88-85-82-79-76-73-70-67-64-61-58-53-48-45-42-39-36-33-30-27-24-21-18-15-12-9-6-3)102-120-108(113)96-93-90-87-84-81-78-75-72-69-66-63-60-57-55-52-50-47-44-41-38-35-32-29-26-23-20-17-14-11-8-5-2/h7-12,16-21,25-30,34-39,43-48,51,54,58,61,104-106,110-111H,4-6,13-15,22-24,31-33,40-42,49-50,52-53,55-57,59-60,62-103H2,1-3H3,(H,115,116)(H,117,118)/b10-7-,11-8-,12-9-,19-16-,20-17-,21-18-,28-25-,29-26-,30-27-,37-34-,38-35-,39-36-,46-43-,47-44-,48-45-,54-51-,61-58-. The normalized spacial score (nSPS) is 14.5. The van der Waals surface area contributed by atoms with Gasteiger partial charge in [-0.3, -0.25) is 32.5 Å². The molecule has 4 N–H and O–H groups in total. The number of hydrogen-bond acceptors (Lipinski definition) is 14. The van der Waals surface area contributed by atoms with Crippen molar-refractivity contribution in [2.75, 3.05) is 39.6 Å². The average Bonchev–Trinajstić information content (AvgIpc) is 0.955. The quantitative estimate of drug-likeness (QED) is 0.0146. The van der Waals surface area contributed by atoms with E-state index < -0.39 is 91.5 Å². The zero-order valence-electron chi connectivity index (χ0n) is 80.1. The van der Waals surface area contributed by atoms with Crippen LogP contribution in [0.3, 0.4) is 0 Å². The van der Waals surface area contributed by atoms with Crippen molar-refractivity contribution in [2.24, 2.45) is 0 Å². The van der Waals surface area contributed by atoms with E-state index in [9.17, 15) is 43.5 Å². The second kappa shape index (κ2) is 99.1. The van der Waals surface area contributed by atoms with Crippen molar-refractivity contribution in [3.05, 3.63) is 207 Å². The van der Waals surface area contributed by atoms with E-state index in [1.807, 2.05) is 0 Å². The number of phosphoric ester groups is 2. The van der Waals surface area contributed by atoms with E-state index in [2.05, 4.69) is 227 Å². The summed E-state index contributed by atoms with van der Waals surface area (Å²) in [5, 5.41) is 20.8. The molecule has 5 atom stereocenters. The number of carbonyl (C=O) groups is 3. The highest BCUT2D eigenvalue weighted by atomic mass is 31.2. The second-order valence-electron chi connectivity index (χ2n) is 33.1. The molecule has 0 aliphatic carbocycles. The minimum absolute atomic E-state index is 0.0933. The highest BCUT2D eigenvalue weighted by molar-refractivity contribution is 7.47. The Morgan fingerprint density at radius 2 is 0.394 bits per heavy atom. The molecule has 0 aromatic rings. The van der Waals surface area contributed by atoms with Crippen LogP contribution >= 0.6 is 15.6 Å². The Hall–Kier alpha value is -5.87. The van der Waals surface area contributed by atoms with E-state index in [0.717, 1.165) is 186 Å². The van der Waals surface area contributed by atoms with Gasteiger partial charge in [-0.1, -0.05) is 426 Å². The van der Waals surface area contributed by atoms with Crippen LogP contribution in [0.1, 0.15) is 406 Å². The number of hydrogen-bond donors (Lipinski definition) is 4. The summed E-state index contributed by atoms with van der Waals surface area (Å²) < 4.78 is 61.7. The van der Waals surface area contributed by atoms with Crippen LogP contribution in [0.4, 0.5) is 0 Å². The predicted octanol–water partition coefficient (Wildman–Crippen LogP) is 31.9. The summed E-state index contributed by atoms with van der Waals surface area (Å²) >= 11 is 0. The maximum absolute atomic E-state index is 13.1. The number of ether oxygens (including phenoxy) is 3. The first kappa shape index (κ1) is 121. The molecule has 0 radical (unpaired) electrons. The molecule has 16 nitrogen and oxygen atoms in total. The first-order valence-electron chi connectivity index (χ1n) is 50.4. The van der Waals surface area contributed by atoms with Crippen molar-refractivity contribution in [1.29, 1.82) is 0 Å². The minimum Gasteiger partial charge on any atom is -0.463 e. The SMILES string of the molecule is CC/C=C\C/C=C\C/C=C\C/C=C\C/C=C\C/C=C\CCCCCCCCCCCCCCC(=O)OCC(O)COP(=O)(O)OCC(O)COP(=O)(O)OCC(COC(=O)CCCCCCCCCCCCCCCCC/C=C\C/C=C\C/C=C\C/C=C\C/C=C\CC)OC(=O)CCCCCCCCCCCC/C=C\C/C=C\C/C=C\C/C=C\C/C=C\C/C=C\CC. The van der Waals surface area contributed by atoms with Gasteiger partial charge in [-0.15, -0.1) is 0 Å². The predicted molar refractivity (Wildman–Crippen MR) is 537 cm³/mol. The molecule has 0 aromatic heterocycles. The third-order valence-electron chi connectivity index (χ3n) is 21.0. The molecular weight excluding hydrogens is 1630 g/mol. The summed E-state index contributed by atoms with van der Waals surface area (Å²) in [6, 6.07) is 0. The van der Waals surface area contributed by atoms with Gasteiger partial charge < -0.3 is 34.2 Å². The number of aliphatic hydroxyl groups excluding tert-OH is 2. The van der Waals surface area contributed by atoms with Gasteiger partial charge in [-0.25, -0.2) is 9.13 Å². The van der Waals surface area contributed by atoms with Crippen molar-refractivity contribution in [2.45, 2.75) is 424 Å². The van der Waals surface area contributed by atoms with Gasteiger partial charge in [0.05, 0.1) is 26.4 Å². The lowest BCUT2D eigenvalue weighted by Gasteiger charge is -2.21. The molecule has 18 heteroatoms. The number of unbranched alkanes of at least 4 members (excludes halogenated alkanes) is 37. The van der Waals surface area contributed by atoms with Crippen LogP contribution in [-0.4, -0.2) is 95.9 Å². The van der Waals surface area contributed by atoms with E-state index in [-0.39, 0.29) is 19.3 Å². The number of esters is 3. The molecule has 0 aromatic carbocycles. The molecule has 0 spiro atoms. The van der Waals surface area contributed by atoms with Crippen LogP contribution in [-0.2, 0) is 55.8 Å². The van der Waals surface area contributed by atoms with E-state index in [1.54, 1.807) is 0 Å². The molecule has 127 heavy (non-hydrogen) atoms.